The number of likely N-dealkylation sites (N-methyl/N-ethyl adjacent to an activating group) is 2. The van der Waals surface area contributed by atoms with Crippen LogP contribution >= 0.6 is 0 Å². The van der Waals surface area contributed by atoms with Crippen LogP contribution in [0, 0.1) is 5.92 Å². The van der Waals surface area contributed by atoms with Crippen molar-refractivity contribution in [2.75, 3.05) is 27.7 Å². The van der Waals surface area contributed by atoms with Crippen molar-refractivity contribution in [2.45, 2.75) is 63.8 Å². The first kappa shape index (κ1) is 20.3. The summed E-state index contributed by atoms with van der Waals surface area (Å²) in [5, 5.41) is 0. The SMILES string of the molecule is COC1=C(C)C(=O)C2=C(C1=O)[C@@H]1CN(C)C(=O)[C@H]([C@H]2OC2CCC(C)CC2)N1C. The van der Waals surface area contributed by atoms with Crippen LogP contribution in [0.2, 0.25) is 0 Å². The van der Waals surface area contributed by atoms with Gasteiger partial charge < -0.3 is 14.4 Å². The maximum Gasteiger partial charge on any atom is 0.242 e. The smallest absolute Gasteiger partial charge is 0.242 e. The highest BCUT2D eigenvalue weighted by Gasteiger charge is 2.55. The molecule has 2 bridgehead atoms. The zero-order valence-electron chi connectivity index (χ0n) is 17.9. The Morgan fingerprint density at radius 1 is 0.966 bits per heavy atom. The van der Waals surface area contributed by atoms with E-state index in [0.717, 1.165) is 25.7 Å². The van der Waals surface area contributed by atoms with Gasteiger partial charge in [0.1, 0.15) is 12.1 Å². The maximum atomic E-state index is 13.3. The number of hydrogen-bond donors (Lipinski definition) is 0. The van der Waals surface area contributed by atoms with Gasteiger partial charge in [-0.25, -0.2) is 0 Å². The van der Waals surface area contributed by atoms with E-state index in [1.165, 1.54) is 7.11 Å². The summed E-state index contributed by atoms with van der Waals surface area (Å²) < 4.78 is 11.8. The number of Topliss-reactive ketones (excluding diaryl/α,β-unsaturated/α-hetero) is 2. The predicted octanol–water partition coefficient (Wildman–Crippen LogP) is 1.47. The fraction of sp³-hybridized carbons (Fsp3) is 0.682. The maximum absolute atomic E-state index is 13.3. The van der Waals surface area contributed by atoms with E-state index in [0.29, 0.717) is 29.2 Å². The summed E-state index contributed by atoms with van der Waals surface area (Å²) in [4.78, 5) is 43.2. The number of nitrogens with zero attached hydrogens (tertiary/aromatic N) is 2. The fourth-order valence-corrected chi connectivity index (χ4v) is 5.28. The van der Waals surface area contributed by atoms with Crippen molar-refractivity contribution in [3.63, 3.8) is 0 Å². The van der Waals surface area contributed by atoms with Gasteiger partial charge in [0, 0.05) is 30.3 Å². The van der Waals surface area contributed by atoms with Crippen LogP contribution in [0.3, 0.4) is 0 Å². The molecule has 0 unspecified atom stereocenters. The van der Waals surface area contributed by atoms with Crippen molar-refractivity contribution in [3.8, 4) is 0 Å². The van der Waals surface area contributed by atoms with Crippen LogP contribution in [-0.2, 0) is 23.9 Å². The third-order valence-corrected chi connectivity index (χ3v) is 7.08. The lowest BCUT2D eigenvalue weighted by molar-refractivity contribution is -0.155. The summed E-state index contributed by atoms with van der Waals surface area (Å²) in [6, 6.07) is -0.927. The van der Waals surface area contributed by atoms with Gasteiger partial charge in [0.05, 0.1) is 19.3 Å². The molecule has 2 heterocycles. The van der Waals surface area contributed by atoms with Crippen LogP contribution in [0.25, 0.3) is 0 Å². The molecule has 4 rings (SSSR count). The largest absolute Gasteiger partial charge is 0.492 e. The van der Waals surface area contributed by atoms with E-state index in [2.05, 4.69) is 6.92 Å². The monoisotopic (exact) mass is 402 g/mol. The average Bonchev–Trinajstić information content (AvgIpc) is 2.68. The number of carbonyl (C=O) groups excluding carboxylic acids is 3. The topological polar surface area (TPSA) is 76.2 Å². The van der Waals surface area contributed by atoms with Crippen molar-refractivity contribution >= 4 is 17.5 Å². The third kappa shape index (κ3) is 3.06. The standard InChI is InChI=1S/C22H30N2O5/c1-11-6-8-13(9-7-11)29-21-16-15(19(26)20(28-5)12(2)18(16)25)14-10-23(3)22(27)17(21)24(14)4/h11,13-14,17,21H,6-10H2,1-5H3/t11?,13?,14-,17-,21-/m0/s1. The van der Waals surface area contributed by atoms with Crippen molar-refractivity contribution in [1.82, 2.24) is 9.80 Å². The van der Waals surface area contributed by atoms with Crippen LogP contribution in [0.5, 0.6) is 0 Å². The molecular formula is C22H30N2O5. The summed E-state index contributed by atoms with van der Waals surface area (Å²) >= 11 is 0. The minimum absolute atomic E-state index is 0.00839. The van der Waals surface area contributed by atoms with Gasteiger partial charge in [-0.05, 0) is 45.6 Å². The minimum Gasteiger partial charge on any atom is -0.492 e. The molecule has 1 saturated heterocycles. The van der Waals surface area contributed by atoms with Crippen molar-refractivity contribution in [3.05, 3.63) is 22.5 Å². The Hall–Kier alpha value is -1.99. The first-order valence-electron chi connectivity index (χ1n) is 10.5. The molecule has 1 saturated carbocycles. The van der Waals surface area contributed by atoms with Crippen LogP contribution < -0.4 is 0 Å². The molecule has 2 aliphatic heterocycles. The Bertz CT molecular complexity index is 821. The van der Waals surface area contributed by atoms with Crippen LogP contribution in [0.4, 0.5) is 0 Å². The number of rotatable bonds is 3. The van der Waals surface area contributed by atoms with Gasteiger partial charge in [-0.2, -0.15) is 0 Å². The second-order valence-corrected chi connectivity index (χ2v) is 8.93. The highest BCUT2D eigenvalue weighted by molar-refractivity contribution is 6.25. The van der Waals surface area contributed by atoms with Crippen molar-refractivity contribution < 1.29 is 23.9 Å². The van der Waals surface area contributed by atoms with Gasteiger partial charge >= 0.3 is 0 Å². The highest BCUT2D eigenvalue weighted by Crippen LogP contribution is 2.41. The van der Waals surface area contributed by atoms with Crippen molar-refractivity contribution in [2.24, 2.45) is 5.92 Å². The number of allylic oxidation sites excluding steroid dienone is 2. The van der Waals surface area contributed by atoms with Crippen LogP contribution in [0.15, 0.2) is 22.5 Å². The Morgan fingerprint density at radius 2 is 1.62 bits per heavy atom. The summed E-state index contributed by atoms with van der Waals surface area (Å²) in [6.07, 6.45) is 3.21. The van der Waals surface area contributed by atoms with Gasteiger partial charge in [-0.3, -0.25) is 19.3 Å². The average molecular weight is 402 g/mol. The zero-order chi connectivity index (χ0) is 21.0. The van der Waals surface area contributed by atoms with Gasteiger partial charge in [0.2, 0.25) is 11.7 Å². The Kier molecular flexibility index (Phi) is 5.15. The predicted molar refractivity (Wildman–Crippen MR) is 106 cm³/mol. The number of piperazine rings is 1. The molecule has 7 heteroatoms. The molecule has 0 N–H and O–H groups in total. The molecule has 29 heavy (non-hydrogen) atoms. The number of ether oxygens (including phenoxy) is 2. The minimum atomic E-state index is -0.732. The Labute approximate surface area is 171 Å². The lowest BCUT2D eigenvalue weighted by Gasteiger charge is -2.52. The molecule has 0 aromatic rings. The summed E-state index contributed by atoms with van der Waals surface area (Å²) in [5.74, 6) is 0.210. The highest BCUT2D eigenvalue weighted by atomic mass is 16.5. The number of fused-ring (bicyclic) bond motifs is 3. The number of carbonyl (C=O) groups is 3. The number of ketones is 2. The normalized spacial score (nSPS) is 36.0. The molecule has 4 aliphatic rings. The van der Waals surface area contributed by atoms with Crippen LogP contribution in [-0.4, -0.2) is 79.3 Å². The van der Waals surface area contributed by atoms with Gasteiger partial charge in [-0.15, -0.1) is 0 Å². The number of amides is 1. The molecule has 0 aromatic heterocycles. The second kappa shape index (κ2) is 7.36. The number of methoxy groups -OCH3 is 1. The summed E-state index contributed by atoms with van der Waals surface area (Å²) in [6.45, 7) is 4.22. The quantitative estimate of drug-likeness (QED) is 0.666. The fourth-order valence-electron chi connectivity index (χ4n) is 5.28. The van der Waals surface area contributed by atoms with E-state index in [9.17, 15) is 14.4 Å². The molecular weight excluding hydrogens is 372 g/mol. The van der Waals surface area contributed by atoms with E-state index in [-0.39, 0.29) is 35.4 Å². The Balaban J connectivity index is 1.79. The second-order valence-electron chi connectivity index (χ2n) is 8.93. The van der Waals surface area contributed by atoms with Crippen molar-refractivity contribution in [1.29, 1.82) is 0 Å². The lowest BCUT2D eigenvalue weighted by Crippen LogP contribution is -2.69. The van der Waals surface area contributed by atoms with E-state index in [4.69, 9.17) is 9.47 Å². The van der Waals surface area contributed by atoms with E-state index in [1.54, 1.807) is 18.9 Å². The van der Waals surface area contributed by atoms with E-state index >= 15 is 0 Å². The molecule has 2 aliphatic carbocycles. The first-order valence-corrected chi connectivity index (χ1v) is 10.5. The molecule has 158 valence electrons. The summed E-state index contributed by atoms with van der Waals surface area (Å²) in [7, 11) is 5.00. The van der Waals surface area contributed by atoms with E-state index < -0.39 is 12.1 Å². The molecule has 3 atom stereocenters. The molecule has 1 amide bonds. The molecule has 2 fully saturated rings. The van der Waals surface area contributed by atoms with Gasteiger partial charge in [0.15, 0.2) is 11.5 Å². The number of hydrogen-bond acceptors (Lipinski definition) is 6. The molecule has 0 radical (unpaired) electrons. The molecule has 0 aromatic carbocycles. The molecule has 7 nitrogen and oxygen atoms in total. The third-order valence-electron chi connectivity index (χ3n) is 7.08. The van der Waals surface area contributed by atoms with Crippen LogP contribution in [0.1, 0.15) is 39.5 Å². The Morgan fingerprint density at radius 3 is 2.24 bits per heavy atom. The van der Waals surface area contributed by atoms with Gasteiger partial charge in [0.25, 0.3) is 0 Å². The molecule has 0 spiro atoms. The summed E-state index contributed by atoms with van der Waals surface area (Å²) in [5.41, 5.74) is 1.11. The van der Waals surface area contributed by atoms with Gasteiger partial charge in [-0.1, -0.05) is 6.92 Å². The van der Waals surface area contributed by atoms with E-state index in [1.807, 2.05) is 11.9 Å². The lowest BCUT2D eigenvalue weighted by atomic mass is 9.74. The zero-order valence-corrected chi connectivity index (χ0v) is 17.9. The first-order chi connectivity index (χ1) is 13.8.